The Morgan fingerprint density at radius 1 is 0.390 bits per heavy atom. The molecule has 0 saturated heterocycles. The molecular weight excluding hydrogens is 1040 g/mol. The van der Waals surface area contributed by atoms with Crippen LogP contribution in [-0.2, 0) is 32.7 Å². The van der Waals surface area contributed by atoms with Gasteiger partial charge in [0.2, 0.25) is 0 Å². The zero-order valence-electron chi connectivity index (χ0n) is 55.0. The van der Waals surface area contributed by atoms with Gasteiger partial charge >= 0.3 is 11.9 Å². The average Bonchev–Trinajstić information content (AvgIpc) is 3.46. The van der Waals surface area contributed by atoms with Gasteiger partial charge in [-0.2, -0.15) is 0 Å². The number of hydrogen-bond acceptors (Lipinski definition) is 8. The van der Waals surface area contributed by atoms with Crippen LogP contribution in [0.15, 0.2) is 48.6 Å². The van der Waals surface area contributed by atoms with Crippen molar-refractivity contribution >= 4 is 19.8 Å². The van der Waals surface area contributed by atoms with Crippen LogP contribution in [0, 0.1) is 0 Å². The fraction of sp³-hybridized carbons (Fsp3) is 0.861. The van der Waals surface area contributed by atoms with Crippen LogP contribution in [0.4, 0.5) is 0 Å². The van der Waals surface area contributed by atoms with Gasteiger partial charge in [-0.15, -0.1) is 0 Å². The van der Waals surface area contributed by atoms with Gasteiger partial charge in [-0.1, -0.05) is 332 Å². The Morgan fingerprint density at radius 2 is 0.695 bits per heavy atom. The van der Waals surface area contributed by atoms with Crippen molar-refractivity contribution in [3.63, 3.8) is 0 Å². The van der Waals surface area contributed by atoms with Crippen LogP contribution in [0.5, 0.6) is 0 Å². The van der Waals surface area contributed by atoms with E-state index in [1.807, 2.05) is 21.1 Å². The number of allylic oxidation sites excluding steroid dienone is 8. The molecule has 0 aliphatic carbocycles. The molecule has 0 N–H and O–H groups in total. The summed E-state index contributed by atoms with van der Waals surface area (Å²) in [6.07, 6.45) is 82.4. The van der Waals surface area contributed by atoms with Gasteiger partial charge in [-0.3, -0.25) is 14.2 Å². The summed E-state index contributed by atoms with van der Waals surface area (Å²) in [4.78, 5) is 37.9. The molecule has 0 bridgehead atoms. The second-order valence-electron chi connectivity index (χ2n) is 25.2. The Bertz CT molecular complexity index is 1520. The number of carbonyl (C=O) groups is 2. The number of ether oxygens (including phenoxy) is 2. The molecule has 0 aromatic heterocycles. The van der Waals surface area contributed by atoms with Gasteiger partial charge in [-0.25, -0.2) is 0 Å². The molecule has 2 unspecified atom stereocenters. The summed E-state index contributed by atoms with van der Waals surface area (Å²) in [5.74, 6) is -0.849. The summed E-state index contributed by atoms with van der Waals surface area (Å²) in [5.41, 5.74) is 0. The molecule has 0 spiro atoms. The van der Waals surface area contributed by atoms with Crippen molar-refractivity contribution in [3.8, 4) is 0 Å². The first-order valence-electron chi connectivity index (χ1n) is 35.3. The normalized spacial score (nSPS) is 13.4. The van der Waals surface area contributed by atoms with E-state index in [-0.39, 0.29) is 32.0 Å². The molecule has 0 rings (SSSR count). The lowest BCUT2D eigenvalue weighted by Crippen LogP contribution is -2.37. The number of unbranched alkanes of at least 4 members (excludes halogenated alkanes) is 44. The smallest absolute Gasteiger partial charge is 0.306 e. The Morgan fingerprint density at radius 3 is 1.04 bits per heavy atom. The minimum absolute atomic E-state index is 0.0359. The molecule has 482 valence electrons. The van der Waals surface area contributed by atoms with Crippen molar-refractivity contribution in [2.45, 2.75) is 354 Å². The highest BCUT2D eigenvalue weighted by Crippen LogP contribution is 2.38. The van der Waals surface area contributed by atoms with Crippen molar-refractivity contribution < 1.29 is 42.1 Å². The molecule has 0 aromatic rings. The SMILES string of the molecule is CC/C=C\C/C=C\C/C=C\C/C=C\CCCCCCC(=O)OC(COC(=O)CCCCCCCCCCCCCCCCCCCCCCCCCCCCCCCCCCCCCCCCCCC)COP(=O)([O-])OCC[N+](C)(C)C. The third-order valence-corrected chi connectivity index (χ3v) is 16.8. The number of likely N-dealkylation sites (N-methyl/N-ethyl adjacent to an activating group) is 1. The predicted molar refractivity (Wildman–Crippen MR) is 351 cm³/mol. The Labute approximate surface area is 509 Å². The molecule has 0 aliphatic rings. The minimum atomic E-state index is -4.64. The fourth-order valence-electron chi connectivity index (χ4n) is 10.5. The summed E-state index contributed by atoms with van der Waals surface area (Å²) in [5, 5.41) is 0. The van der Waals surface area contributed by atoms with Crippen LogP contribution in [0.2, 0.25) is 0 Å². The number of rotatable bonds is 66. The molecule has 82 heavy (non-hydrogen) atoms. The largest absolute Gasteiger partial charge is 0.756 e. The quantitative estimate of drug-likeness (QED) is 0.0195. The first-order chi connectivity index (χ1) is 40.0. The number of phosphoric ester groups is 1. The second kappa shape index (κ2) is 63.5. The van der Waals surface area contributed by atoms with E-state index in [2.05, 4.69) is 62.5 Å². The molecule has 2 atom stereocenters. The summed E-state index contributed by atoms with van der Waals surface area (Å²) in [6, 6.07) is 0. The Kier molecular flexibility index (Phi) is 61.9. The van der Waals surface area contributed by atoms with Gasteiger partial charge in [0.15, 0.2) is 6.10 Å². The van der Waals surface area contributed by atoms with E-state index in [4.69, 9.17) is 18.5 Å². The van der Waals surface area contributed by atoms with Crippen molar-refractivity contribution in [3.05, 3.63) is 48.6 Å². The summed E-state index contributed by atoms with van der Waals surface area (Å²) in [7, 11) is 1.16. The van der Waals surface area contributed by atoms with E-state index in [0.29, 0.717) is 17.4 Å². The standard InChI is InChI=1S/C72H136NO8P/c1-6-8-10-12-14-16-18-20-22-24-25-26-27-28-29-30-31-32-33-34-35-36-37-38-39-40-41-42-43-44-45-46-47-49-50-52-54-56-58-60-62-64-71(74)78-68-70(69-80-82(76,77)79-67-66-73(3,4)5)81-72(75)65-63-61-59-57-55-53-51-48-23-21-19-17-15-13-11-9-7-2/h9,11,15,17,21,23,51,53,70H,6-8,10,12-14,16,18-20,22,24-50,52,54-69H2,1-5H3/b11-9-,17-15-,23-21-,53-51-. The van der Waals surface area contributed by atoms with Gasteiger partial charge in [0.25, 0.3) is 7.82 Å². The van der Waals surface area contributed by atoms with E-state index in [9.17, 15) is 19.0 Å². The lowest BCUT2D eigenvalue weighted by atomic mass is 10.0. The van der Waals surface area contributed by atoms with E-state index in [1.54, 1.807) is 0 Å². The molecule has 10 heteroatoms. The Balaban J connectivity index is 3.84. The lowest BCUT2D eigenvalue weighted by Gasteiger charge is -2.28. The van der Waals surface area contributed by atoms with Crippen LogP contribution < -0.4 is 4.89 Å². The maximum absolute atomic E-state index is 12.8. The van der Waals surface area contributed by atoms with Crippen LogP contribution in [0.25, 0.3) is 0 Å². The van der Waals surface area contributed by atoms with Gasteiger partial charge in [0, 0.05) is 12.8 Å². The molecular formula is C72H136NO8P. The maximum atomic E-state index is 12.8. The van der Waals surface area contributed by atoms with Gasteiger partial charge in [0.05, 0.1) is 27.7 Å². The molecule has 0 amide bonds. The van der Waals surface area contributed by atoms with Crippen molar-refractivity contribution in [2.24, 2.45) is 0 Å². The van der Waals surface area contributed by atoms with Crippen LogP contribution in [-0.4, -0.2) is 70.0 Å². The van der Waals surface area contributed by atoms with Gasteiger partial charge in [0.1, 0.15) is 19.8 Å². The minimum Gasteiger partial charge on any atom is -0.756 e. The molecule has 0 heterocycles. The van der Waals surface area contributed by atoms with Crippen molar-refractivity contribution in [1.82, 2.24) is 0 Å². The number of phosphoric acid groups is 1. The topological polar surface area (TPSA) is 111 Å². The van der Waals surface area contributed by atoms with Crippen molar-refractivity contribution in [1.29, 1.82) is 0 Å². The molecule has 0 aliphatic heterocycles. The van der Waals surface area contributed by atoms with E-state index >= 15 is 0 Å². The third kappa shape index (κ3) is 67.1. The Hall–Kier alpha value is -2.03. The third-order valence-electron chi connectivity index (χ3n) is 15.9. The highest BCUT2D eigenvalue weighted by atomic mass is 31.2. The highest BCUT2D eigenvalue weighted by Gasteiger charge is 2.22. The van der Waals surface area contributed by atoms with Crippen molar-refractivity contribution in [2.75, 3.05) is 47.5 Å². The van der Waals surface area contributed by atoms with Crippen LogP contribution >= 0.6 is 7.82 Å². The fourth-order valence-corrected chi connectivity index (χ4v) is 11.2. The molecule has 0 aromatic carbocycles. The summed E-state index contributed by atoms with van der Waals surface area (Å²) in [6.45, 7) is 4.14. The highest BCUT2D eigenvalue weighted by molar-refractivity contribution is 7.45. The summed E-state index contributed by atoms with van der Waals surface area (Å²) < 4.78 is 34.2. The zero-order chi connectivity index (χ0) is 59.8. The average molecular weight is 1170 g/mol. The van der Waals surface area contributed by atoms with Gasteiger partial charge < -0.3 is 27.9 Å². The van der Waals surface area contributed by atoms with Crippen LogP contribution in [0.3, 0.4) is 0 Å². The molecule has 9 nitrogen and oxygen atoms in total. The van der Waals surface area contributed by atoms with Crippen LogP contribution in [0.1, 0.15) is 348 Å². The number of esters is 2. The second-order valence-corrected chi connectivity index (χ2v) is 26.6. The number of carbonyl (C=O) groups excluding carboxylic acids is 2. The van der Waals surface area contributed by atoms with Gasteiger partial charge in [-0.05, 0) is 51.4 Å². The molecule has 0 saturated carbocycles. The summed E-state index contributed by atoms with van der Waals surface area (Å²) >= 11 is 0. The van der Waals surface area contributed by atoms with E-state index in [1.165, 1.54) is 244 Å². The predicted octanol–water partition coefficient (Wildman–Crippen LogP) is 22.2. The lowest BCUT2D eigenvalue weighted by molar-refractivity contribution is -0.870. The zero-order valence-corrected chi connectivity index (χ0v) is 55.8. The number of nitrogens with zero attached hydrogens (tertiary/aromatic N) is 1. The monoisotopic (exact) mass is 1170 g/mol. The molecule has 0 fully saturated rings. The van der Waals surface area contributed by atoms with E-state index in [0.717, 1.165) is 70.6 Å². The number of quaternary nitrogens is 1. The maximum Gasteiger partial charge on any atom is 0.306 e. The van der Waals surface area contributed by atoms with E-state index < -0.39 is 26.5 Å². The molecule has 0 radical (unpaired) electrons. The number of hydrogen-bond donors (Lipinski definition) is 0. The first-order valence-corrected chi connectivity index (χ1v) is 36.8. The first kappa shape index (κ1) is 80.0.